The topological polar surface area (TPSA) is 61.2 Å². The molecule has 3 rings (SSSR count). The van der Waals surface area contributed by atoms with E-state index in [1.165, 1.54) is 23.3 Å². The Morgan fingerprint density at radius 1 is 0.958 bits per heavy atom. The Kier molecular flexibility index (Phi) is 4.98. The summed E-state index contributed by atoms with van der Waals surface area (Å²) in [5.74, 6) is 0.106. The molecule has 0 spiro atoms. The van der Waals surface area contributed by atoms with E-state index in [4.69, 9.17) is 5.26 Å². The molecule has 0 saturated carbocycles. The molecule has 24 heavy (non-hydrogen) atoms. The van der Waals surface area contributed by atoms with Gasteiger partial charge in [0.15, 0.2) is 9.84 Å². The molecule has 0 N–H and O–H groups in total. The molecule has 0 atom stereocenters. The van der Waals surface area contributed by atoms with Gasteiger partial charge in [-0.1, -0.05) is 24.3 Å². The van der Waals surface area contributed by atoms with Crippen LogP contribution in [0.4, 0.5) is 0 Å². The number of rotatable bonds is 4. The van der Waals surface area contributed by atoms with E-state index >= 15 is 0 Å². The smallest absolute Gasteiger partial charge is 0.179 e. The Morgan fingerprint density at radius 3 is 2.08 bits per heavy atom. The van der Waals surface area contributed by atoms with Gasteiger partial charge in [0.2, 0.25) is 0 Å². The van der Waals surface area contributed by atoms with E-state index in [1.807, 2.05) is 6.07 Å². The van der Waals surface area contributed by atoms with Crippen LogP contribution in [-0.4, -0.2) is 38.7 Å². The summed E-state index contributed by atoms with van der Waals surface area (Å²) in [5, 5.41) is 8.80. The van der Waals surface area contributed by atoms with Crippen LogP contribution in [0.25, 0.3) is 0 Å². The summed E-state index contributed by atoms with van der Waals surface area (Å²) in [6.45, 7) is 2.32. The summed E-state index contributed by atoms with van der Waals surface area (Å²) in [4.78, 5) is 2.51. The highest BCUT2D eigenvalue weighted by Crippen LogP contribution is 2.17. The fourth-order valence-corrected chi connectivity index (χ4v) is 4.33. The molecule has 1 aliphatic rings. The van der Waals surface area contributed by atoms with Crippen molar-refractivity contribution in [3.05, 3.63) is 65.2 Å². The zero-order chi connectivity index (χ0) is 17.0. The van der Waals surface area contributed by atoms with Gasteiger partial charge in [-0.2, -0.15) is 5.26 Å². The summed E-state index contributed by atoms with van der Waals surface area (Å²) < 4.78 is 24.9. The van der Waals surface area contributed by atoms with Crippen LogP contribution in [0.1, 0.15) is 16.7 Å². The fraction of sp³-hybridized carbons (Fsp3) is 0.316. The Labute approximate surface area is 143 Å². The van der Waals surface area contributed by atoms with Crippen LogP contribution in [0.5, 0.6) is 0 Å². The predicted molar refractivity (Wildman–Crippen MR) is 93.5 cm³/mol. The summed E-state index contributed by atoms with van der Waals surface area (Å²) in [6, 6.07) is 16.6. The molecule has 0 aromatic heterocycles. The second-order valence-corrected chi connectivity index (χ2v) is 8.17. The average molecular weight is 340 g/mol. The molecule has 1 aliphatic heterocycles. The molecule has 0 unspecified atom stereocenters. The Morgan fingerprint density at radius 2 is 1.54 bits per heavy atom. The standard InChI is InChI=1S/C19H20N2O2S/c20-15-16-5-7-19(8-6-16)24(22,23)14-13-21-11-9-17-3-1-2-4-18(17)10-12-21/h1-8H,9-14H2. The highest BCUT2D eigenvalue weighted by molar-refractivity contribution is 7.91. The lowest BCUT2D eigenvalue weighted by Crippen LogP contribution is -2.31. The van der Waals surface area contributed by atoms with Crippen molar-refractivity contribution < 1.29 is 8.42 Å². The summed E-state index contributed by atoms with van der Waals surface area (Å²) >= 11 is 0. The van der Waals surface area contributed by atoms with Crippen molar-refractivity contribution in [2.24, 2.45) is 0 Å². The van der Waals surface area contributed by atoms with Gasteiger partial charge in [-0.3, -0.25) is 0 Å². The third-order valence-corrected chi connectivity index (χ3v) is 6.24. The molecule has 124 valence electrons. The number of nitrogens with zero attached hydrogens (tertiary/aromatic N) is 2. The van der Waals surface area contributed by atoms with Crippen LogP contribution in [-0.2, 0) is 22.7 Å². The largest absolute Gasteiger partial charge is 0.302 e. The van der Waals surface area contributed by atoms with Crippen molar-refractivity contribution in [1.29, 1.82) is 5.26 Å². The molecule has 0 amide bonds. The molecule has 5 heteroatoms. The fourth-order valence-electron chi connectivity index (χ4n) is 3.04. The van der Waals surface area contributed by atoms with Gasteiger partial charge >= 0.3 is 0 Å². The van der Waals surface area contributed by atoms with Gasteiger partial charge in [-0.15, -0.1) is 0 Å². The first-order chi connectivity index (χ1) is 11.6. The van der Waals surface area contributed by atoms with Crippen LogP contribution in [0, 0.1) is 11.3 Å². The van der Waals surface area contributed by atoms with E-state index in [0.29, 0.717) is 17.0 Å². The quantitative estimate of drug-likeness (QED) is 0.858. The monoisotopic (exact) mass is 340 g/mol. The van der Waals surface area contributed by atoms with Gasteiger partial charge in [0.05, 0.1) is 22.3 Å². The predicted octanol–water partition coefficient (Wildman–Crippen LogP) is 2.43. The first-order valence-corrected chi connectivity index (χ1v) is 9.76. The minimum Gasteiger partial charge on any atom is -0.302 e. The maximum atomic E-state index is 12.5. The normalized spacial score (nSPS) is 15.3. The molecule has 2 aromatic carbocycles. The molecular formula is C19H20N2O2S. The van der Waals surface area contributed by atoms with Crippen molar-refractivity contribution >= 4 is 9.84 Å². The number of sulfone groups is 1. The lowest BCUT2D eigenvalue weighted by Gasteiger charge is -2.19. The van der Waals surface area contributed by atoms with Gasteiger partial charge in [-0.05, 0) is 48.2 Å². The second-order valence-electron chi connectivity index (χ2n) is 6.07. The SMILES string of the molecule is N#Cc1ccc(S(=O)(=O)CCN2CCc3ccccc3CC2)cc1. The number of hydrogen-bond donors (Lipinski definition) is 0. The molecule has 0 aliphatic carbocycles. The van der Waals surface area contributed by atoms with E-state index < -0.39 is 9.84 Å². The van der Waals surface area contributed by atoms with Crippen molar-refractivity contribution in [3.63, 3.8) is 0 Å². The highest BCUT2D eigenvalue weighted by atomic mass is 32.2. The Bertz CT molecular complexity index is 825. The molecule has 0 fully saturated rings. The second kappa shape index (κ2) is 7.16. The molecule has 1 heterocycles. The minimum absolute atomic E-state index is 0.106. The molecule has 0 saturated heterocycles. The number of fused-ring (bicyclic) bond motifs is 1. The maximum Gasteiger partial charge on any atom is 0.179 e. The number of hydrogen-bond acceptors (Lipinski definition) is 4. The molecule has 2 aromatic rings. The van der Waals surface area contributed by atoms with E-state index in [1.54, 1.807) is 12.1 Å². The van der Waals surface area contributed by atoms with E-state index in [2.05, 4.69) is 29.2 Å². The van der Waals surface area contributed by atoms with Crippen LogP contribution in [0.3, 0.4) is 0 Å². The molecule has 4 nitrogen and oxygen atoms in total. The first-order valence-electron chi connectivity index (χ1n) is 8.10. The Balaban J connectivity index is 1.62. The summed E-state index contributed by atoms with van der Waals surface area (Å²) in [7, 11) is -3.32. The Hall–Kier alpha value is -2.16. The molecule has 0 bridgehead atoms. The minimum atomic E-state index is -3.32. The summed E-state index contributed by atoms with van der Waals surface area (Å²) in [5.41, 5.74) is 3.21. The number of nitriles is 1. The first kappa shape index (κ1) is 16.7. The van der Waals surface area contributed by atoms with Gasteiger partial charge < -0.3 is 4.90 Å². The van der Waals surface area contributed by atoms with Crippen LogP contribution in [0.15, 0.2) is 53.4 Å². The number of benzene rings is 2. The van der Waals surface area contributed by atoms with Crippen molar-refractivity contribution in [2.45, 2.75) is 17.7 Å². The summed E-state index contributed by atoms with van der Waals surface area (Å²) in [6.07, 6.45) is 1.93. The van der Waals surface area contributed by atoms with Crippen molar-refractivity contribution in [1.82, 2.24) is 4.90 Å². The third kappa shape index (κ3) is 3.84. The van der Waals surface area contributed by atoms with Crippen LogP contribution in [0.2, 0.25) is 0 Å². The van der Waals surface area contributed by atoms with Gasteiger partial charge in [0.25, 0.3) is 0 Å². The lowest BCUT2D eigenvalue weighted by molar-refractivity contribution is 0.304. The average Bonchev–Trinajstić information content (AvgIpc) is 2.82. The third-order valence-electron chi connectivity index (χ3n) is 4.53. The van der Waals surface area contributed by atoms with Gasteiger partial charge in [0.1, 0.15) is 0 Å². The molecule has 0 radical (unpaired) electrons. The molecular weight excluding hydrogens is 320 g/mol. The van der Waals surface area contributed by atoms with E-state index in [0.717, 1.165) is 25.9 Å². The van der Waals surface area contributed by atoms with Crippen LogP contribution < -0.4 is 0 Å². The van der Waals surface area contributed by atoms with Gasteiger partial charge in [-0.25, -0.2) is 8.42 Å². The highest BCUT2D eigenvalue weighted by Gasteiger charge is 2.18. The lowest BCUT2D eigenvalue weighted by atomic mass is 10.0. The maximum absolute atomic E-state index is 12.5. The van der Waals surface area contributed by atoms with E-state index in [9.17, 15) is 8.42 Å². The van der Waals surface area contributed by atoms with Gasteiger partial charge in [0, 0.05) is 19.6 Å². The van der Waals surface area contributed by atoms with Crippen molar-refractivity contribution in [3.8, 4) is 6.07 Å². The van der Waals surface area contributed by atoms with E-state index in [-0.39, 0.29) is 5.75 Å². The van der Waals surface area contributed by atoms with Crippen LogP contribution >= 0.6 is 0 Å². The van der Waals surface area contributed by atoms with Crippen molar-refractivity contribution in [2.75, 3.05) is 25.4 Å². The zero-order valence-corrected chi connectivity index (χ0v) is 14.3. The zero-order valence-electron chi connectivity index (χ0n) is 13.5.